The lowest BCUT2D eigenvalue weighted by atomic mass is 9.76. The van der Waals surface area contributed by atoms with Crippen molar-refractivity contribution in [3.8, 4) is 0 Å². The van der Waals surface area contributed by atoms with Gasteiger partial charge in [0.1, 0.15) is 7.05 Å². The predicted octanol–water partition coefficient (Wildman–Crippen LogP) is 10.1. The van der Waals surface area contributed by atoms with Crippen LogP contribution in [0, 0.1) is 5.92 Å². The van der Waals surface area contributed by atoms with Crippen molar-refractivity contribution in [1.29, 1.82) is 0 Å². The zero-order chi connectivity index (χ0) is 30.1. The molecule has 0 spiro atoms. The average Bonchev–Trinajstić information content (AvgIpc) is 3.33. The molecule has 3 heteroatoms. The maximum absolute atomic E-state index is 7.31. The first-order valence-corrected chi connectivity index (χ1v) is 16.4. The fourth-order valence-electron chi connectivity index (χ4n) is 8.68. The summed E-state index contributed by atoms with van der Waals surface area (Å²) in [6.45, 7) is 9.58. The van der Waals surface area contributed by atoms with Gasteiger partial charge < -0.3 is 4.90 Å². The molecule has 1 saturated carbocycles. The second kappa shape index (κ2) is 10.4. The maximum Gasteiger partial charge on any atom is 0.210 e. The molecule has 0 N–H and O–H groups in total. The molecule has 220 valence electrons. The Labute approximate surface area is 262 Å². The van der Waals surface area contributed by atoms with Crippen molar-refractivity contribution in [3.63, 3.8) is 0 Å². The Hall–Kier alpha value is -3.36. The Kier molecular flexibility index (Phi) is 6.86. The van der Waals surface area contributed by atoms with E-state index in [1.807, 2.05) is 0 Å². The summed E-state index contributed by atoms with van der Waals surface area (Å²) >= 11 is 7.31. The van der Waals surface area contributed by atoms with Crippen LogP contribution in [-0.4, -0.2) is 35.8 Å². The molecular formula is C40H44ClN2+. The third-order valence-corrected chi connectivity index (χ3v) is 11.6. The summed E-state index contributed by atoms with van der Waals surface area (Å²) in [4.78, 5) is 2.51. The van der Waals surface area contributed by atoms with E-state index in [4.69, 9.17) is 11.6 Å². The van der Waals surface area contributed by atoms with Gasteiger partial charge in [0.05, 0.1) is 10.8 Å². The van der Waals surface area contributed by atoms with Gasteiger partial charge in [-0.3, -0.25) is 0 Å². The van der Waals surface area contributed by atoms with Crippen LogP contribution in [0.25, 0.3) is 21.5 Å². The lowest BCUT2D eigenvalue weighted by molar-refractivity contribution is -0.401. The zero-order valence-corrected chi connectivity index (χ0v) is 27.2. The summed E-state index contributed by atoms with van der Waals surface area (Å²) in [5.74, 6) is 0.342. The lowest BCUT2D eigenvalue weighted by Gasteiger charge is -2.33. The minimum Gasteiger partial charge on any atom is -0.370 e. The summed E-state index contributed by atoms with van der Waals surface area (Å²) in [5.41, 5.74) is 8.33. The van der Waals surface area contributed by atoms with E-state index in [9.17, 15) is 0 Å². The third-order valence-electron chi connectivity index (χ3n) is 11.0. The van der Waals surface area contributed by atoms with Crippen molar-refractivity contribution < 1.29 is 4.58 Å². The molecule has 0 radical (unpaired) electrons. The number of alkyl halides is 1. The van der Waals surface area contributed by atoms with Gasteiger partial charge in [0.2, 0.25) is 5.69 Å². The van der Waals surface area contributed by atoms with Crippen LogP contribution < -0.4 is 4.90 Å². The number of halogens is 1. The molecule has 0 saturated heterocycles. The van der Waals surface area contributed by atoms with Gasteiger partial charge in [0.15, 0.2) is 5.71 Å². The van der Waals surface area contributed by atoms with Crippen molar-refractivity contribution in [2.45, 2.75) is 75.6 Å². The topological polar surface area (TPSA) is 6.25 Å². The molecular weight excluding hydrogens is 544 g/mol. The summed E-state index contributed by atoms with van der Waals surface area (Å²) in [7, 11) is 4.49. The standard InChI is InChI=1S/C40H44ClN2/c1-39(2)34(42(5)32-22-18-26-12-7-9-16-30(26)36(32)39)24-20-28-14-11-15-29(38(28)41)21-25-35-40(3,4)37-31-17-10-8-13-27(31)19-23-33(37)43(35)6/h7-10,12-13,16-24,28,35,38H,11,14-15,25H2,1-6H3/q+1. The van der Waals surface area contributed by atoms with E-state index in [0.29, 0.717) is 12.0 Å². The molecule has 0 amide bonds. The fourth-order valence-corrected chi connectivity index (χ4v) is 9.09. The monoisotopic (exact) mass is 587 g/mol. The van der Waals surface area contributed by atoms with E-state index in [0.717, 1.165) is 19.3 Å². The van der Waals surface area contributed by atoms with E-state index >= 15 is 0 Å². The number of hydrogen-bond acceptors (Lipinski definition) is 1. The van der Waals surface area contributed by atoms with Crippen molar-refractivity contribution in [3.05, 3.63) is 108 Å². The van der Waals surface area contributed by atoms with Gasteiger partial charge in [0, 0.05) is 41.9 Å². The summed E-state index contributed by atoms with van der Waals surface area (Å²) in [6.07, 6.45) is 11.7. The molecule has 3 aliphatic rings. The van der Waals surface area contributed by atoms with Crippen molar-refractivity contribution in [2.24, 2.45) is 5.92 Å². The zero-order valence-electron chi connectivity index (χ0n) is 26.5. The maximum atomic E-state index is 7.31. The van der Waals surface area contributed by atoms with Gasteiger partial charge in [-0.05, 0) is 84.7 Å². The van der Waals surface area contributed by atoms with Crippen LogP contribution in [0.4, 0.5) is 11.4 Å². The number of anilines is 1. The molecule has 43 heavy (non-hydrogen) atoms. The molecule has 7 rings (SSSR count). The summed E-state index contributed by atoms with van der Waals surface area (Å²) < 4.78 is 2.39. The largest absolute Gasteiger partial charge is 0.370 e. The molecule has 2 nitrogen and oxygen atoms in total. The van der Waals surface area contributed by atoms with Gasteiger partial charge in [-0.15, -0.1) is 11.6 Å². The van der Waals surface area contributed by atoms with Crippen molar-refractivity contribution in [2.75, 3.05) is 19.0 Å². The highest BCUT2D eigenvalue weighted by Crippen LogP contribution is 2.49. The highest BCUT2D eigenvalue weighted by atomic mass is 35.5. The predicted molar refractivity (Wildman–Crippen MR) is 186 cm³/mol. The molecule has 3 atom stereocenters. The summed E-state index contributed by atoms with van der Waals surface area (Å²) in [6, 6.07) is 27.2. The van der Waals surface area contributed by atoms with Crippen LogP contribution in [0.5, 0.6) is 0 Å². The van der Waals surface area contributed by atoms with Crippen LogP contribution in [0.3, 0.4) is 0 Å². The number of benzene rings is 4. The van der Waals surface area contributed by atoms with Crippen LogP contribution in [0.2, 0.25) is 0 Å². The van der Waals surface area contributed by atoms with Crippen molar-refractivity contribution >= 4 is 50.2 Å². The highest BCUT2D eigenvalue weighted by Gasteiger charge is 2.45. The van der Waals surface area contributed by atoms with E-state index in [2.05, 4.69) is 142 Å². The molecule has 3 unspecified atom stereocenters. The van der Waals surface area contributed by atoms with E-state index in [-0.39, 0.29) is 16.2 Å². The molecule has 4 aromatic carbocycles. The first kappa shape index (κ1) is 28.4. The Balaban J connectivity index is 1.13. The Morgan fingerprint density at radius 1 is 0.884 bits per heavy atom. The Bertz CT molecular complexity index is 1840. The van der Waals surface area contributed by atoms with Crippen LogP contribution in [0.15, 0.2) is 96.6 Å². The number of rotatable bonds is 4. The minimum absolute atomic E-state index is 0.0432. The summed E-state index contributed by atoms with van der Waals surface area (Å²) in [5, 5.41) is 5.42. The Morgan fingerprint density at radius 3 is 2.26 bits per heavy atom. The number of likely N-dealkylation sites (N-methyl/N-ethyl adjacent to an activating group) is 1. The Morgan fingerprint density at radius 2 is 1.53 bits per heavy atom. The fraction of sp³-hybridized carbons (Fsp3) is 0.375. The normalized spacial score (nSPS) is 25.3. The van der Waals surface area contributed by atoms with Crippen LogP contribution >= 0.6 is 11.6 Å². The van der Waals surface area contributed by atoms with Crippen LogP contribution in [-0.2, 0) is 10.8 Å². The number of nitrogens with zero attached hydrogens (tertiary/aromatic N) is 2. The van der Waals surface area contributed by atoms with Gasteiger partial charge in [0.25, 0.3) is 0 Å². The lowest BCUT2D eigenvalue weighted by Crippen LogP contribution is -2.39. The molecule has 2 heterocycles. The van der Waals surface area contributed by atoms with Gasteiger partial charge in [-0.1, -0.05) is 86.2 Å². The van der Waals surface area contributed by atoms with Crippen molar-refractivity contribution in [1.82, 2.24) is 0 Å². The quantitative estimate of drug-likeness (QED) is 0.131. The molecule has 0 bridgehead atoms. The number of fused-ring (bicyclic) bond motifs is 6. The molecule has 1 aliphatic carbocycles. The highest BCUT2D eigenvalue weighted by molar-refractivity contribution is 6.22. The molecule has 1 fully saturated rings. The molecule has 2 aliphatic heterocycles. The van der Waals surface area contributed by atoms with Gasteiger partial charge in [-0.2, -0.15) is 4.58 Å². The molecule has 0 aromatic heterocycles. The van der Waals surface area contributed by atoms with Crippen LogP contribution in [0.1, 0.15) is 64.5 Å². The third kappa shape index (κ3) is 4.40. The minimum atomic E-state index is -0.0750. The average molecular weight is 588 g/mol. The smallest absolute Gasteiger partial charge is 0.210 e. The van der Waals surface area contributed by atoms with E-state index < -0.39 is 0 Å². The van der Waals surface area contributed by atoms with Gasteiger partial charge in [-0.25, -0.2) is 0 Å². The number of allylic oxidation sites excluding steroid dienone is 3. The van der Waals surface area contributed by atoms with Gasteiger partial charge >= 0.3 is 0 Å². The van der Waals surface area contributed by atoms with E-state index in [1.165, 1.54) is 61.8 Å². The first-order valence-electron chi connectivity index (χ1n) is 16.0. The molecule has 4 aromatic rings. The van der Waals surface area contributed by atoms with E-state index in [1.54, 1.807) is 0 Å². The SMILES string of the molecule is CN1c2ccc3ccccc3c2C(C)(C)C1CC=C1CCCC(C=CC2=[N+](C)c3ccc4ccccc4c3C2(C)C)C1Cl. The number of hydrogen-bond donors (Lipinski definition) is 0. The first-order chi connectivity index (χ1) is 20.6. The second-order valence-electron chi connectivity index (χ2n) is 14.1. The second-order valence-corrected chi connectivity index (χ2v) is 14.6.